The Balaban J connectivity index is 2.18. The summed E-state index contributed by atoms with van der Waals surface area (Å²) in [4.78, 5) is 17.6. The molecule has 1 aliphatic rings. The zero-order valence-corrected chi connectivity index (χ0v) is 12.1. The van der Waals surface area contributed by atoms with E-state index >= 15 is 0 Å². The highest BCUT2D eigenvalue weighted by Gasteiger charge is 2.30. The van der Waals surface area contributed by atoms with Crippen LogP contribution >= 0.6 is 11.6 Å². The number of hydrogen-bond acceptors (Lipinski definition) is 4. The van der Waals surface area contributed by atoms with Crippen molar-refractivity contribution in [2.75, 3.05) is 26.7 Å². The summed E-state index contributed by atoms with van der Waals surface area (Å²) in [6, 6.07) is 3.62. The van der Waals surface area contributed by atoms with Crippen molar-refractivity contribution in [3.63, 3.8) is 0 Å². The lowest BCUT2D eigenvalue weighted by Gasteiger charge is -2.38. The molecule has 1 N–H and O–H groups in total. The predicted molar refractivity (Wildman–Crippen MR) is 77.6 cm³/mol. The average Bonchev–Trinajstić information content (AvgIpc) is 2.46. The molecule has 0 aliphatic carbocycles. The van der Waals surface area contributed by atoms with Crippen molar-refractivity contribution in [1.29, 1.82) is 0 Å². The van der Waals surface area contributed by atoms with E-state index in [1.54, 1.807) is 17.2 Å². The van der Waals surface area contributed by atoms with Gasteiger partial charge < -0.3 is 15.0 Å². The van der Waals surface area contributed by atoms with Gasteiger partial charge in [0.05, 0.1) is 12.6 Å². The molecule has 1 fully saturated rings. The molecule has 0 spiro atoms. The molecule has 6 heteroatoms. The largest absolute Gasteiger partial charge is 0.365 e. The van der Waals surface area contributed by atoms with Crippen molar-refractivity contribution in [2.45, 2.75) is 12.2 Å². The zero-order chi connectivity index (χ0) is 14.5. The minimum absolute atomic E-state index is 0.0606. The van der Waals surface area contributed by atoms with Crippen LogP contribution in [0.4, 0.5) is 0 Å². The Bertz CT molecular complexity index is 495. The molecule has 0 saturated carbocycles. The van der Waals surface area contributed by atoms with Gasteiger partial charge in [0.25, 0.3) is 0 Å². The van der Waals surface area contributed by atoms with E-state index in [9.17, 15) is 4.79 Å². The lowest BCUT2D eigenvalue weighted by atomic mass is 10.1. The van der Waals surface area contributed by atoms with E-state index in [0.717, 1.165) is 5.56 Å². The Morgan fingerprint density at radius 2 is 2.50 bits per heavy atom. The molecule has 1 saturated heterocycles. The second kappa shape index (κ2) is 6.83. The number of ether oxygens (including phenoxy) is 1. The second-order valence-electron chi connectivity index (χ2n) is 4.66. The number of carbonyl (C=O) groups excluding carboxylic acids is 1. The highest BCUT2D eigenvalue weighted by Crippen LogP contribution is 2.26. The van der Waals surface area contributed by atoms with Crippen molar-refractivity contribution < 1.29 is 9.53 Å². The van der Waals surface area contributed by atoms with E-state index in [1.807, 2.05) is 13.1 Å². The molecule has 1 amide bonds. The van der Waals surface area contributed by atoms with Crippen molar-refractivity contribution in [3.05, 3.63) is 41.7 Å². The molecule has 1 aliphatic heterocycles. The number of aromatic nitrogens is 1. The molecule has 0 unspecified atom stereocenters. The predicted octanol–water partition coefficient (Wildman–Crippen LogP) is 1.41. The number of nitrogens with one attached hydrogen (secondary N) is 1. The number of amides is 1. The van der Waals surface area contributed by atoms with E-state index in [-0.39, 0.29) is 18.1 Å². The molecule has 2 rings (SSSR count). The molecule has 1 aromatic heterocycles. The number of morpholine rings is 1. The van der Waals surface area contributed by atoms with E-state index < -0.39 is 0 Å². The smallest absolute Gasteiger partial charge is 0.246 e. The summed E-state index contributed by atoms with van der Waals surface area (Å²) in [6.45, 7) is 5.26. The van der Waals surface area contributed by atoms with Crippen molar-refractivity contribution in [3.8, 4) is 0 Å². The summed E-state index contributed by atoms with van der Waals surface area (Å²) in [7, 11) is 1.86. The van der Waals surface area contributed by atoms with E-state index in [2.05, 4.69) is 16.9 Å². The number of carbonyl (C=O) groups is 1. The Hall–Kier alpha value is -1.43. The van der Waals surface area contributed by atoms with Gasteiger partial charge in [-0.1, -0.05) is 18.2 Å². The maximum absolute atomic E-state index is 11.9. The van der Waals surface area contributed by atoms with Crippen LogP contribution in [0.25, 0.3) is 0 Å². The van der Waals surface area contributed by atoms with Crippen LogP contribution in [0.15, 0.2) is 31.0 Å². The first-order chi connectivity index (χ1) is 9.63. The van der Waals surface area contributed by atoms with Crippen LogP contribution < -0.4 is 5.32 Å². The van der Waals surface area contributed by atoms with E-state index in [0.29, 0.717) is 24.8 Å². The number of pyridine rings is 1. The summed E-state index contributed by atoms with van der Waals surface area (Å²) in [5.74, 6) is -0.0837. The molecule has 0 aromatic carbocycles. The molecular weight excluding hydrogens is 278 g/mol. The maximum atomic E-state index is 11.9. The SMILES string of the molecule is C=CC(=O)N1C[C@@H](CNC)O[C@H](c2ccnc(Cl)c2)C1. The molecule has 5 nitrogen and oxygen atoms in total. The third kappa shape index (κ3) is 3.56. The van der Waals surface area contributed by atoms with Crippen LogP contribution in [0.5, 0.6) is 0 Å². The van der Waals surface area contributed by atoms with E-state index in [4.69, 9.17) is 16.3 Å². The minimum Gasteiger partial charge on any atom is -0.365 e. The summed E-state index contributed by atoms with van der Waals surface area (Å²) in [5, 5.41) is 3.49. The number of hydrogen-bond donors (Lipinski definition) is 1. The number of likely N-dealkylation sites (N-methyl/N-ethyl adjacent to an activating group) is 1. The molecular formula is C14H18ClN3O2. The standard InChI is InChI=1S/C14H18ClN3O2/c1-3-14(19)18-8-11(7-16-2)20-12(9-18)10-4-5-17-13(15)6-10/h3-6,11-12,16H,1,7-9H2,2H3/t11-,12+/m1/s1. The van der Waals surface area contributed by atoms with Gasteiger partial charge >= 0.3 is 0 Å². The summed E-state index contributed by atoms with van der Waals surface area (Å²) in [6.07, 6.45) is 2.71. The maximum Gasteiger partial charge on any atom is 0.246 e. The minimum atomic E-state index is -0.202. The molecule has 0 radical (unpaired) electrons. The Labute approximate surface area is 123 Å². The molecule has 20 heavy (non-hydrogen) atoms. The van der Waals surface area contributed by atoms with E-state index in [1.165, 1.54) is 6.08 Å². The summed E-state index contributed by atoms with van der Waals surface area (Å²) >= 11 is 5.91. The van der Waals surface area contributed by atoms with Gasteiger partial charge in [-0.25, -0.2) is 4.98 Å². The molecule has 108 valence electrons. The molecule has 2 atom stereocenters. The van der Waals surface area contributed by atoms with Crippen molar-refractivity contribution in [1.82, 2.24) is 15.2 Å². The Kier molecular flexibility index (Phi) is 5.11. The highest BCUT2D eigenvalue weighted by molar-refractivity contribution is 6.29. The van der Waals surface area contributed by atoms with Crippen LogP contribution in [0.2, 0.25) is 5.15 Å². The van der Waals surface area contributed by atoms with Crippen molar-refractivity contribution >= 4 is 17.5 Å². The quantitative estimate of drug-likeness (QED) is 0.674. The van der Waals surface area contributed by atoms with Gasteiger partial charge in [0.15, 0.2) is 0 Å². The highest BCUT2D eigenvalue weighted by atomic mass is 35.5. The lowest BCUT2D eigenvalue weighted by Crippen LogP contribution is -2.49. The van der Waals surface area contributed by atoms with Crippen LogP contribution in [0, 0.1) is 0 Å². The Morgan fingerprint density at radius 3 is 3.15 bits per heavy atom. The van der Waals surface area contributed by atoms with Gasteiger partial charge in [0, 0.05) is 19.3 Å². The fraction of sp³-hybridized carbons (Fsp3) is 0.429. The number of rotatable bonds is 4. The number of halogens is 1. The van der Waals surface area contributed by atoms with Crippen LogP contribution in [0.1, 0.15) is 11.7 Å². The Morgan fingerprint density at radius 1 is 1.70 bits per heavy atom. The molecule has 0 bridgehead atoms. The normalized spacial score (nSPS) is 22.6. The van der Waals surface area contributed by atoms with Gasteiger partial charge in [-0.15, -0.1) is 0 Å². The third-order valence-corrected chi connectivity index (χ3v) is 3.41. The topological polar surface area (TPSA) is 54.5 Å². The number of nitrogens with zero attached hydrogens (tertiary/aromatic N) is 2. The molecule has 2 heterocycles. The van der Waals surface area contributed by atoms with Crippen LogP contribution in [0.3, 0.4) is 0 Å². The average molecular weight is 296 g/mol. The van der Waals surface area contributed by atoms with Gasteiger partial charge in [-0.3, -0.25) is 4.79 Å². The summed E-state index contributed by atoms with van der Waals surface area (Å²) in [5.41, 5.74) is 0.924. The third-order valence-electron chi connectivity index (χ3n) is 3.21. The second-order valence-corrected chi connectivity index (χ2v) is 5.05. The lowest BCUT2D eigenvalue weighted by molar-refractivity contribution is -0.140. The first-order valence-electron chi connectivity index (χ1n) is 6.47. The van der Waals surface area contributed by atoms with Gasteiger partial charge in [0.2, 0.25) is 5.91 Å². The molecule has 1 aromatic rings. The van der Waals surface area contributed by atoms with Crippen molar-refractivity contribution in [2.24, 2.45) is 0 Å². The first kappa shape index (κ1) is 15.0. The summed E-state index contributed by atoms with van der Waals surface area (Å²) < 4.78 is 6.02. The fourth-order valence-corrected chi connectivity index (χ4v) is 2.47. The monoisotopic (exact) mass is 295 g/mol. The van der Waals surface area contributed by atoms with Crippen LogP contribution in [-0.2, 0) is 9.53 Å². The van der Waals surface area contributed by atoms with Gasteiger partial charge in [-0.2, -0.15) is 0 Å². The fourth-order valence-electron chi connectivity index (χ4n) is 2.29. The first-order valence-corrected chi connectivity index (χ1v) is 6.84. The van der Waals surface area contributed by atoms with Gasteiger partial charge in [-0.05, 0) is 30.8 Å². The van der Waals surface area contributed by atoms with Gasteiger partial charge in [0.1, 0.15) is 11.3 Å². The van der Waals surface area contributed by atoms with Crippen LogP contribution in [-0.4, -0.2) is 48.6 Å². The zero-order valence-electron chi connectivity index (χ0n) is 11.4.